The van der Waals surface area contributed by atoms with Crippen molar-refractivity contribution < 1.29 is 18.7 Å². The summed E-state index contributed by atoms with van der Waals surface area (Å²) in [6.45, 7) is 2.31. The summed E-state index contributed by atoms with van der Waals surface area (Å²) in [7, 11) is 1.60. The number of nitrogens with zero attached hydrogens (tertiary/aromatic N) is 3. The van der Waals surface area contributed by atoms with Gasteiger partial charge in [0.15, 0.2) is 0 Å². The van der Waals surface area contributed by atoms with Crippen molar-refractivity contribution in [2.45, 2.75) is 20.0 Å². The number of ether oxygens (including phenoxy) is 1. The Kier molecular flexibility index (Phi) is 6.87. The van der Waals surface area contributed by atoms with Crippen LogP contribution in [-0.4, -0.2) is 34.9 Å². The minimum absolute atomic E-state index is 0.102. The largest absolute Gasteiger partial charge is 0.497 e. The molecule has 2 heterocycles. The van der Waals surface area contributed by atoms with Gasteiger partial charge in [-0.15, -0.1) is 0 Å². The minimum Gasteiger partial charge on any atom is -0.497 e. The number of aromatic nitrogens is 2. The number of nitrogens with one attached hydrogen (secondary N) is 2. The molecule has 0 fully saturated rings. The number of carbonyl (C=O) groups excluding carboxylic acids is 2. The lowest BCUT2D eigenvalue weighted by atomic mass is 10.2. The van der Waals surface area contributed by atoms with Crippen LogP contribution in [0.5, 0.6) is 5.75 Å². The zero-order valence-electron chi connectivity index (χ0n) is 16.4. The summed E-state index contributed by atoms with van der Waals surface area (Å²) in [5.74, 6) is -0.469. The lowest BCUT2D eigenvalue weighted by Gasteiger charge is -2.06. The molecular weight excluding hydrogens is 410 g/mol. The molecule has 0 atom stereocenters. The van der Waals surface area contributed by atoms with Gasteiger partial charge in [-0.3, -0.25) is 9.59 Å². The van der Waals surface area contributed by atoms with Crippen molar-refractivity contribution in [3.8, 4) is 5.75 Å². The van der Waals surface area contributed by atoms with E-state index in [1.807, 2.05) is 24.3 Å². The molecule has 0 aliphatic rings. The first-order valence-corrected chi connectivity index (χ1v) is 9.35. The number of methoxy groups -OCH3 is 1. The van der Waals surface area contributed by atoms with Crippen LogP contribution in [0.25, 0.3) is 0 Å². The second-order valence-electron chi connectivity index (χ2n) is 6.26. The van der Waals surface area contributed by atoms with E-state index < -0.39 is 11.8 Å². The van der Waals surface area contributed by atoms with Crippen LogP contribution < -0.4 is 15.5 Å². The number of furan rings is 1. The summed E-state index contributed by atoms with van der Waals surface area (Å²) >= 11 is 6.41. The first-order valence-electron chi connectivity index (χ1n) is 8.97. The van der Waals surface area contributed by atoms with Crippen LogP contribution in [0.3, 0.4) is 0 Å². The highest BCUT2D eigenvalue weighted by Crippen LogP contribution is 2.20. The van der Waals surface area contributed by atoms with Gasteiger partial charge in [-0.1, -0.05) is 23.7 Å². The minimum atomic E-state index is -0.907. The third-order valence-corrected chi connectivity index (χ3v) is 4.54. The van der Waals surface area contributed by atoms with Crippen molar-refractivity contribution in [1.29, 1.82) is 0 Å². The van der Waals surface area contributed by atoms with Crippen LogP contribution in [0.2, 0.25) is 5.15 Å². The van der Waals surface area contributed by atoms with Gasteiger partial charge in [-0.25, -0.2) is 10.1 Å². The van der Waals surface area contributed by atoms with E-state index in [4.69, 9.17) is 20.8 Å². The van der Waals surface area contributed by atoms with Crippen molar-refractivity contribution in [2.24, 2.45) is 5.10 Å². The van der Waals surface area contributed by atoms with Gasteiger partial charge in [0.25, 0.3) is 0 Å². The van der Waals surface area contributed by atoms with Crippen molar-refractivity contribution in [3.63, 3.8) is 0 Å². The zero-order chi connectivity index (χ0) is 21.5. The number of carbonyl (C=O) groups is 2. The molecule has 1 aromatic carbocycles. The molecule has 0 radical (unpaired) electrons. The molecule has 0 spiro atoms. The number of rotatable bonds is 7. The summed E-state index contributed by atoms with van der Waals surface area (Å²) < 4.78 is 11.9. The fourth-order valence-corrected chi connectivity index (χ4v) is 2.91. The van der Waals surface area contributed by atoms with E-state index in [1.165, 1.54) is 12.5 Å². The summed E-state index contributed by atoms with van der Waals surface area (Å²) in [6.07, 6.45) is 2.83. The van der Waals surface area contributed by atoms with Crippen LogP contribution in [0.15, 0.2) is 52.2 Å². The van der Waals surface area contributed by atoms with E-state index in [-0.39, 0.29) is 6.54 Å². The Morgan fingerprint density at radius 2 is 2.13 bits per heavy atom. The molecule has 3 aromatic rings. The van der Waals surface area contributed by atoms with Crippen molar-refractivity contribution in [3.05, 3.63) is 70.4 Å². The molecule has 30 heavy (non-hydrogen) atoms. The van der Waals surface area contributed by atoms with Crippen LogP contribution in [0.1, 0.15) is 22.6 Å². The van der Waals surface area contributed by atoms with E-state index in [2.05, 4.69) is 20.9 Å². The SMILES string of the molecule is COc1cccc(Cn2nc(C)c(/C=N/NC(=O)C(=O)NCc3ccco3)c2Cl)c1. The van der Waals surface area contributed by atoms with Gasteiger partial charge in [0.05, 0.1) is 43.9 Å². The molecular formula is C20H20ClN5O4. The quantitative estimate of drug-likeness (QED) is 0.340. The number of benzene rings is 1. The van der Waals surface area contributed by atoms with Crippen LogP contribution in [-0.2, 0) is 22.7 Å². The lowest BCUT2D eigenvalue weighted by molar-refractivity contribution is -0.139. The van der Waals surface area contributed by atoms with E-state index in [0.717, 1.165) is 11.3 Å². The summed E-state index contributed by atoms with van der Waals surface area (Å²) in [5.41, 5.74) is 4.29. The van der Waals surface area contributed by atoms with Gasteiger partial charge in [0, 0.05) is 0 Å². The first kappa shape index (κ1) is 21.1. The molecule has 0 aliphatic heterocycles. The second kappa shape index (κ2) is 9.75. The summed E-state index contributed by atoms with van der Waals surface area (Å²) in [4.78, 5) is 23.6. The van der Waals surface area contributed by atoms with Gasteiger partial charge in [0.2, 0.25) is 0 Å². The Balaban J connectivity index is 1.60. The lowest BCUT2D eigenvalue weighted by Crippen LogP contribution is -2.37. The highest BCUT2D eigenvalue weighted by Gasteiger charge is 2.15. The van der Waals surface area contributed by atoms with E-state index in [9.17, 15) is 9.59 Å². The molecule has 0 unspecified atom stereocenters. The second-order valence-corrected chi connectivity index (χ2v) is 6.62. The average Bonchev–Trinajstić information content (AvgIpc) is 3.35. The number of aryl methyl sites for hydroxylation is 1. The predicted octanol–water partition coefficient (Wildman–Crippen LogP) is 2.26. The molecule has 2 aromatic heterocycles. The topological polar surface area (TPSA) is 111 Å². The van der Waals surface area contributed by atoms with Crippen LogP contribution in [0, 0.1) is 6.92 Å². The predicted molar refractivity (Wildman–Crippen MR) is 110 cm³/mol. The van der Waals surface area contributed by atoms with Crippen LogP contribution >= 0.6 is 11.6 Å². The zero-order valence-corrected chi connectivity index (χ0v) is 17.1. The number of hydrazone groups is 1. The number of amides is 2. The number of hydrogen-bond donors (Lipinski definition) is 2. The summed E-state index contributed by atoms with van der Waals surface area (Å²) in [6, 6.07) is 10.9. The molecule has 0 saturated carbocycles. The maximum Gasteiger partial charge on any atom is 0.329 e. The molecule has 2 N–H and O–H groups in total. The smallest absolute Gasteiger partial charge is 0.329 e. The Morgan fingerprint density at radius 3 is 2.87 bits per heavy atom. The van der Waals surface area contributed by atoms with Crippen molar-refractivity contribution in [2.75, 3.05) is 7.11 Å². The van der Waals surface area contributed by atoms with Crippen molar-refractivity contribution >= 4 is 29.6 Å². The fraction of sp³-hybridized carbons (Fsp3) is 0.200. The third kappa shape index (κ3) is 5.26. The molecule has 0 bridgehead atoms. The Bertz CT molecular complexity index is 1060. The maximum atomic E-state index is 11.8. The van der Waals surface area contributed by atoms with Crippen LogP contribution in [0.4, 0.5) is 0 Å². The van der Waals surface area contributed by atoms with Gasteiger partial charge < -0.3 is 14.5 Å². The van der Waals surface area contributed by atoms with E-state index in [1.54, 1.807) is 30.8 Å². The molecule has 0 saturated heterocycles. The Hall–Kier alpha value is -3.59. The normalized spacial score (nSPS) is 10.9. The number of halogens is 1. The molecule has 156 valence electrons. The van der Waals surface area contributed by atoms with Gasteiger partial charge in [-0.2, -0.15) is 10.2 Å². The number of hydrogen-bond acceptors (Lipinski definition) is 6. The molecule has 2 amide bonds. The highest BCUT2D eigenvalue weighted by atomic mass is 35.5. The molecule has 10 heteroatoms. The van der Waals surface area contributed by atoms with E-state index in [0.29, 0.717) is 28.7 Å². The fourth-order valence-electron chi connectivity index (χ4n) is 2.63. The Labute approximate surface area is 177 Å². The first-order chi connectivity index (χ1) is 14.5. The standard InChI is InChI=1S/C20H20ClN5O4/c1-13-17(11-23-24-20(28)19(27)22-10-16-7-4-8-30-16)18(21)26(25-13)12-14-5-3-6-15(9-14)29-2/h3-9,11H,10,12H2,1-2H3,(H,22,27)(H,24,28)/b23-11+. The molecule has 0 aliphatic carbocycles. The van der Waals surface area contributed by atoms with Gasteiger partial charge >= 0.3 is 11.8 Å². The maximum absolute atomic E-state index is 11.8. The molecule has 9 nitrogen and oxygen atoms in total. The third-order valence-electron chi connectivity index (χ3n) is 4.15. The summed E-state index contributed by atoms with van der Waals surface area (Å²) in [5, 5.41) is 11.0. The average molecular weight is 430 g/mol. The molecule has 3 rings (SSSR count). The van der Waals surface area contributed by atoms with Crippen molar-refractivity contribution in [1.82, 2.24) is 20.5 Å². The van der Waals surface area contributed by atoms with E-state index >= 15 is 0 Å². The van der Waals surface area contributed by atoms with Gasteiger partial charge in [0.1, 0.15) is 16.7 Å². The monoisotopic (exact) mass is 429 g/mol. The van der Waals surface area contributed by atoms with Gasteiger partial charge in [-0.05, 0) is 36.8 Å². The highest BCUT2D eigenvalue weighted by molar-refractivity contribution is 6.35. The Morgan fingerprint density at radius 1 is 1.30 bits per heavy atom.